The number of aromatic amines is 1. The minimum absolute atomic E-state index is 0.0382. The summed E-state index contributed by atoms with van der Waals surface area (Å²) >= 11 is 2.11. The number of nitrogens with one attached hydrogen (secondary N) is 1. The average molecular weight is 332 g/mol. The van der Waals surface area contributed by atoms with Crippen LogP contribution in [0.3, 0.4) is 0 Å². The highest BCUT2D eigenvalue weighted by Gasteiger charge is 2.28. The van der Waals surface area contributed by atoms with Gasteiger partial charge in [-0.25, -0.2) is 4.98 Å². The number of nitrogens with zero attached hydrogens (tertiary/aromatic N) is 1. The molecule has 1 aliphatic carbocycles. The molecule has 1 aromatic heterocycles. The van der Waals surface area contributed by atoms with E-state index in [-0.39, 0.29) is 5.56 Å². The maximum atomic E-state index is 11.7. The van der Waals surface area contributed by atoms with Gasteiger partial charge in [-0.15, -0.1) is 0 Å². The van der Waals surface area contributed by atoms with E-state index in [2.05, 4.69) is 46.4 Å². The van der Waals surface area contributed by atoms with Gasteiger partial charge in [-0.05, 0) is 47.8 Å². The molecule has 1 aromatic rings. The molecule has 88 valence electrons. The number of halogens is 1. The summed E-state index contributed by atoms with van der Waals surface area (Å²) in [6, 6.07) is 0. The molecular weight excluding hydrogens is 315 g/mol. The second kappa shape index (κ2) is 4.85. The van der Waals surface area contributed by atoms with E-state index >= 15 is 0 Å². The molecule has 1 fully saturated rings. The first-order valence-corrected chi connectivity index (χ1v) is 6.94. The molecule has 0 bridgehead atoms. The van der Waals surface area contributed by atoms with E-state index in [4.69, 9.17) is 0 Å². The maximum absolute atomic E-state index is 11.7. The molecule has 0 spiro atoms. The van der Waals surface area contributed by atoms with E-state index in [1.165, 1.54) is 12.8 Å². The van der Waals surface area contributed by atoms with Gasteiger partial charge >= 0.3 is 0 Å². The van der Waals surface area contributed by atoms with Crippen LogP contribution in [0.25, 0.3) is 0 Å². The fourth-order valence-corrected chi connectivity index (χ4v) is 2.39. The second-order valence-corrected chi connectivity index (χ2v) is 6.00. The molecule has 0 aromatic carbocycles. The third-order valence-electron chi connectivity index (χ3n) is 2.86. The van der Waals surface area contributed by atoms with Gasteiger partial charge in [-0.1, -0.05) is 13.8 Å². The zero-order valence-corrected chi connectivity index (χ0v) is 11.9. The van der Waals surface area contributed by atoms with Gasteiger partial charge in [0, 0.05) is 12.3 Å². The van der Waals surface area contributed by atoms with Crippen LogP contribution in [0.15, 0.2) is 4.79 Å². The Balaban J connectivity index is 2.22. The predicted molar refractivity (Wildman–Crippen MR) is 72.7 cm³/mol. The molecule has 0 aliphatic heterocycles. The highest BCUT2D eigenvalue weighted by molar-refractivity contribution is 14.1. The molecule has 2 rings (SSSR count). The number of aryl methyl sites for hydroxylation is 1. The molecule has 0 unspecified atom stereocenters. The SMILES string of the molecule is CC(C)CCc1nc(C2CC2)c(I)c(=O)[nH]1. The van der Waals surface area contributed by atoms with Crippen molar-refractivity contribution in [3.63, 3.8) is 0 Å². The van der Waals surface area contributed by atoms with E-state index in [0.717, 1.165) is 27.9 Å². The summed E-state index contributed by atoms with van der Waals surface area (Å²) in [5, 5.41) is 0. The maximum Gasteiger partial charge on any atom is 0.264 e. The van der Waals surface area contributed by atoms with Crippen molar-refractivity contribution in [2.24, 2.45) is 5.92 Å². The summed E-state index contributed by atoms with van der Waals surface area (Å²) < 4.78 is 0.786. The minimum Gasteiger partial charge on any atom is -0.310 e. The Morgan fingerprint density at radius 2 is 2.19 bits per heavy atom. The van der Waals surface area contributed by atoms with Gasteiger partial charge in [0.15, 0.2) is 0 Å². The summed E-state index contributed by atoms with van der Waals surface area (Å²) in [5.41, 5.74) is 1.07. The molecule has 0 amide bonds. The molecule has 1 heterocycles. The van der Waals surface area contributed by atoms with Gasteiger partial charge in [-0.2, -0.15) is 0 Å². The summed E-state index contributed by atoms with van der Waals surface area (Å²) in [7, 11) is 0. The molecule has 16 heavy (non-hydrogen) atoms. The van der Waals surface area contributed by atoms with Crippen LogP contribution in [0, 0.1) is 9.49 Å². The number of aromatic nitrogens is 2. The molecule has 1 saturated carbocycles. The normalized spacial score (nSPS) is 15.8. The topological polar surface area (TPSA) is 45.8 Å². The second-order valence-electron chi connectivity index (χ2n) is 4.92. The first-order chi connectivity index (χ1) is 7.58. The van der Waals surface area contributed by atoms with Crippen molar-refractivity contribution in [2.45, 2.75) is 45.4 Å². The Hall–Kier alpha value is -0.390. The third-order valence-corrected chi connectivity index (χ3v) is 3.90. The summed E-state index contributed by atoms with van der Waals surface area (Å²) in [6.07, 6.45) is 4.34. The van der Waals surface area contributed by atoms with Gasteiger partial charge in [0.25, 0.3) is 5.56 Å². The standard InChI is InChI=1S/C12H17IN2O/c1-7(2)3-6-9-14-11(8-4-5-8)10(13)12(16)15-9/h7-8H,3-6H2,1-2H3,(H,14,15,16). The molecular formula is C12H17IN2O. The van der Waals surface area contributed by atoms with Gasteiger partial charge < -0.3 is 4.98 Å². The van der Waals surface area contributed by atoms with Gasteiger partial charge in [-0.3, -0.25) is 4.79 Å². The number of hydrogen-bond acceptors (Lipinski definition) is 2. The summed E-state index contributed by atoms with van der Waals surface area (Å²) in [5.74, 6) is 2.06. The van der Waals surface area contributed by atoms with Crippen molar-refractivity contribution in [3.05, 3.63) is 25.4 Å². The molecule has 3 nitrogen and oxygen atoms in total. The first kappa shape index (κ1) is 12.1. The lowest BCUT2D eigenvalue weighted by atomic mass is 10.1. The van der Waals surface area contributed by atoms with Crippen molar-refractivity contribution >= 4 is 22.6 Å². The molecule has 0 saturated heterocycles. The molecule has 1 aliphatic rings. The van der Waals surface area contributed by atoms with Gasteiger partial charge in [0.2, 0.25) is 0 Å². The molecule has 0 radical (unpaired) electrons. The summed E-state index contributed by atoms with van der Waals surface area (Å²) in [6.45, 7) is 4.37. The fraction of sp³-hybridized carbons (Fsp3) is 0.667. The lowest BCUT2D eigenvalue weighted by Crippen LogP contribution is -2.18. The van der Waals surface area contributed by atoms with Crippen molar-refractivity contribution in [3.8, 4) is 0 Å². The predicted octanol–water partition coefficient (Wildman–Crippen LogP) is 2.84. The van der Waals surface area contributed by atoms with Crippen molar-refractivity contribution < 1.29 is 0 Å². The van der Waals surface area contributed by atoms with Gasteiger partial charge in [0.05, 0.1) is 9.26 Å². The van der Waals surface area contributed by atoms with E-state index in [1.54, 1.807) is 0 Å². The average Bonchev–Trinajstić information content (AvgIpc) is 3.03. The van der Waals surface area contributed by atoms with Crippen LogP contribution in [0.5, 0.6) is 0 Å². The van der Waals surface area contributed by atoms with Crippen LogP contribution in [-0.2, 0) is 6.42 Å². The zero-order valence-electron chi connectivity index (χ0n) is 9.72. The lowest BCUT2D eigenvalue weighted by molar-refractivity contribution is 0.572. The number of rotatable bonds is 4. The van der Waals surface area contributed by atoms with Crippen molar-refractivity contribution in [2.75, 3.05) is 0 Å². The largest absolute Gasteiger partial charge is 0.310 e. The highest BCUT2D eigenvalue weighted by Crippen LogP contribution is 2.40. The monoisotopic (exact) mass is 332 g/mol. The zero-order chi connectivity index (χ0) is 11.7. The Bertz CT molecular complexity index is 435. The lowest BCUT2D eigenvalue weighted by Gasteiger charge is -2.07. The quantitative estimate of drug-likeness (QED) is 0.862. The molecule has 1 N–H and O–H groups in total. The van der Waals surface area contributed by atoms with Crippen LogP contribution in [0.1, 0.15) is 50.5 Å². The Kier molecular flexibility index (Phi) is 3.66. The minimum atomic E-state index is 0.0382. The van der Waals surface area contributed by atoms with Crippen molar-refractivity contribution in [1.29, 1.82) is 0 Å². The van der Waals surface area contributed by atoms with Gasteiger partial charge in [0.1, 0.15) is 5.82 Å². The van der Waals surface area contributed by atoms with Crippen molar-refractivity contribution in [1.82, 2.24) is 9.97 Å². The van der Waals surface area contributed by atoms with Crippen LogP contribution < -0.4 is 5.56 Å². The Morgan fingerprint density at radius 1 is 1.50 bits per heavy atom. The Morgan fingerprint density at radius 3 is 2.75 bits per heavy atom. The summed E-state index contributed by atoms with van der Waals surface area (Å²) in [4.78, 5) is 19.2. The highest BCUT2D eigenvalue weighted by atomic mass is 127. The molecule has 4 heteroatoms. The van der Waals surface area contributed by atoms with Crippen LogP contribution in [0.4, 0.5) is 0 Å². The van der Waals surface area contributed by atoms with Crippen LogP contribution in [-0.4, -0.2) is 9.97 Å². The third kappa shape index (κ3) is 2.84. The Labute approximate surface area is 109 Å². The number of H-pyrrole nitrogens is 1. The van der Waals surface area contributed by atoms with E-state index < -0.39 is 0 Å². The van der Waals surface area contributed by atoms with E-state index in [9.17, 15) is 4.79 Å². The fourth-order valence-electron chi connectivity index (χ4n) is 1.70. The van der Waals surface area contributed by atoms with Crippen LogP contribution in [0.2, 0.25) is 0 Å². The van der Waals surface area contributed by atoms with E-state index in [0.29, 0.717) is 11.8 Å². The number of hydrogen-bond donors (Lipinski definition) is 1. The first-order valence-electron chi connectivity index (χ1n) is 5.86. The van der Waals surface area contributed by atoms with E-state index in [1.807, 2.05) is 0 Å². The van der Waals surface area contributed by atoms with Crippen LogP contribution >= 0.6 is 22.6 Å². The molecule has 0 atom stereocenters. The smallest absolute Gasteiger partial charge is 0.264 e.